The van der Waals surface area contributed by atoms with E-state index in [4.69, 9.17) is 14.5 Å². The van der Waals surface area contributed by atoms with Gasteiger partial charge in [0, 0.05) is 36.6 Å². The highest BCUT2D eigenvalue weighted by atomic mass is 32.2. The first kappa shape index (κ1) is 23.2. The van der Waals surface area contributed by atoms with E-state index in [2.05, 4.69) is 19.8 Å². The molecular weight excluding hydrogens is 480 g/mol. The standard InChI is InChI=1S/C25H22N6O4S/c1-31-15-18(12-28-31)23-14-27-21-6-4-16(9-22(21)29-23)17-8-19(13-26-11-17)30-36(32,33)20-5-7-24(34-2)25(10-20)35-3/h4-15,30H,1-3H3. The lowest BCUT2D eigenvalue weighted by Gasteiger charge is -2.12. The number of benzene rings is 2. The Hall–Kier alpha value is -4.51. The fourth-order valence-electron chi connectivity index (χ4n) is 3.74. The van der Waals surface area contributed by atoms with Gasteiger partial charge in [0.2, 0.25) is 0 Å². The molecule has 0 saturated carbocycles. The van der Waals surface area contributed by atoms with Crippen LogP contribution in [0, 0.1) is 0 Å². The van der Waals surface area contributed by atoms with E-state index in [-0.39, 0.29) is 4.90 Å². The third-order valence-electron chi connectivity index (χ3n) is 5.53. The lowest BCUT2D eigenvalue weighted by molar-refractivity contribution is 0.354. The van der Waals surface area contributed by atoms with Crippen LogP contribution in [-0.4, -0.2) is 47.4 Å². The van der Waals surface area contributed by atoms with E-state index in [9.17, 15) is 8.42 Å². The molecule has 1 N–H and O–H groups in total. The maximum atomic E-state index is 13.0. The minimum atomic E-state index is -3.89. The van der Waals surface area contributed by atoms with Crippen molar-refractivity contribution < 1.29 is 17.9 Å². The van der Waals surface area contributed by atoms with Crippen LogP contribution in [0.2, 0.25) is 0 Å². The van der Waals surface area contributed by atoms with E-state index in [0.717, 1.165) is 22.2 Å². The highest BCUT2D eigenvalue weighted by Crippen LogP contribution is 2.31. The van der Waals surface area contributed by atoms with E-state index in [1.165, 1.54) is 38.6 Å². The molecule has 0 saturated heterocycles. The number of pyridine rings is 1. The van der Waals surface area contributed by atoms with E-state index >= 15 is 0 Å². The molecule has 0 aliphatic carbocycles. The van der Waals surface area contributed by atoms with Crippen molar-refractivity contribution in [3.05, 3.63) is 73.4 Å². The fraction of sp³-hybridized carbons (Fsp3) is 0.120. The zero-order valence-electron chi connectivity index (χ0n) is 19.7. The minimum Gasteiger partial charge on any atom is -0.493 e. The van der Waals surface area contributed by atoms with Gasteiger partial charge >= 0.3 is 0 Å². The van der Waals surface area contributed by atoms with E-state index < -0.39 is 10.0 Å². The normalized spacial score (nSPS) is 11.4. The van der Waals surface area contributed by atoms with Gasteiger partial charge in [0.05, 0.1) is 60.1 Å². The molecule has 0 aliphatic rings. The molecule has 36 heavy (non-hydrogen) atoms. The van der Waals surface area contributed by atoms with Crippen LogP contribution in [0.25, 0.3) is 33.4 Å². The van der Waals surface area contributed by atoms with Gasteiger partial charge in [-0.15, -0.1) is 0 Å². The van der Waals surface area contributed by atoms with Crippen molar-refractivity contribution in [2.24, 2.45) is 7.05 Å². The average Bonchev–Trinajstić information content (AvgIpc) is 3.33. The number of hydrogen-bond acceptors (Lipinski definition) is 8. The lowest BCUT2D eigenvalue weighted by Crippen LogP contribution is -2.13. The Morgan fingerprint density at radius 1 is 0.833 bits per heavy atom. The summed E-state index contributed by atoms with van der Waals surface area (Å²) < 4.78 is 40.7. The van der Waals surface area contributed by atoms with Gasteiger partial charge in [-0.3, -0.25) is 19.4 Å². The predicted molar refractivity (Wildman–Crippen MR) is 135 cm³/mol. The number of ether oxygens (including phenoxy) is 2. The first-order valence-corrected chi connectivity index (χ1v) is 12.3. The summed E-state index contributed by atoms with van der Waals surface area (Å²) in [6.45, 7) is 0. The van der Waals surface area contributed by atoms with Crippen molar-refractivity contribution in [1.82, 2.24) is 24.7 Å². The number of anilines is 1. The highest BCUT2D eigenvalue weighted by molar-refractivity contribution is 7.92. The molecule has 2 aromatic carbocycles. The molecule has 0 fully saturated rings. The summed E-state index contributed by atoms with van der Waals surface area (Å²) in [5, 5.41) is 4.19. The first-order chi connectivity index (χ1) is 17.4. The molecule has 0 aliphatic heterocycles. The number of aromatic nitrogens is 5. The predicted octanol–water partition coefficient (Wildman–Crippen LogP) is 3.91. The van der Waals surface area contributed by atoms with E-state index in [1.807, 2.05) is 31.4 Å². The topological polar surface area (TPSA) is 121 Å². The molecule has 182 valence electrons. The second-order valence-corrected chi connectivity index (χ2v) is 9.63. The summed E-state index contributed by atoms with van der Waals surface area (Å²) in [4.78, 5) is 13.5. The lowest BCUT2D eigenvalue weighted by atomic mass is 10.1. The third-order valence-corrected chi connectivity index (χ3v) is 6.91. The smallest absolute Gasteiger partial charge is 0.262 e. The zero-order valence-corrected chi connectivity index (χ0v) is 20.5. The number of nitrogens with one attached hydrogen (secondary N) is 1. The fourth-order valence-corrected chi connectivity index (χ4v) is 4.78. The summed E-state index contributed by atoms with van der Waals surface area (Å²) in [7, 11) is 0.881. The summed E-state index contributed by atoms with van der Waals surface area (Å²) in [6, 6.07) is 11.8. The number of fused-ring (bicyclic) bond motifs is 1. The van der Waals surface area contributed by atoms with Crippen LogP contribution in [0.3, 0.4) is 0 Å². The molecule has 11 heteroatoms. The van der Waals surface area contributed by atoms with Crippen molar-refractivity contribution in [2.45, 2.75) is 4.90 Å². The Morgan fingerprint density at radius 3 is 2.42 bits per heavy atom. The highest BCUT2D eigenvalue weighted by Gasteiger charge is 2.18. The van der Waals surface area contributed by atoms with Crippen LogP contribution in [0.1, 0.15) is 0 Å². The Balaban J connectivity index is 1.45. The van der Waals surface area contributed by atoms with Crippen molar-refractivity contribution in [1.29, 1.82) is 0 Å². The maximum Gasteiger partial charge on any atom is 0.262 e. The van der Waals surface area contributed by atoms with Crippen LogP contribution in [-0.2, 0) is 17.1 Å². The number of aryl methyl sites for hydroxylation is 1. The van der Waals surface area contributed by atoms with Crippen LogP contribution < -0.4 is 14.2 Å². The summed E-state index contributed by atoms with van der Waals surface area (Å²) >= 11 is 0. The minimum absolute atomic E-state index is 0.0365. The first-order valence-electron chi connectivity index (χ1n) is 10.8. The van der Waals surface area contributed by atoms with Gasteiger partial charge in [0.25, 0.3) is 10.0 Å². The number of hydrogen-bond donors (Lipinski definition) is 1. The Morgan fingerprint density at radius 2 is 1.67 bits per heavy atom. The Labute approximate surface area is 207 Å². The summed E-state index contributed by atoms with van der Waals surface area (Å²) in [5.41, 5.74) is 4.87. The molecule has 0 bridgehead atoms. The molecule has 5 aromatic rings. The maximum absolute atomic E-state index is 13.0. The van der Waals surface area contributed by atoms with Gasteiger partial charge in [-0.2, -0.15) is 5.10 Å². The summed E-state index contributed by atoms with van der Waals surface area (Å²) in [6.07, 6.45) is 8.43. The second-order valence-electron chi connectivity index (χ2n) is 7.95. The van der Waals surface area contributed by atoms with Crippen molar-refractivity contribution in [3.8, 4) is 33.9 Å². The van der Waals surface area contributed by atoms with Crippen molar-refractivity contribution in [2.75, 3.05) is 18.9 Å². The molecular formula is C25H22N6O4S. The molecule has 0 spiro atoms. The molecule has 10 nitrogen and oxygen atoms in total. The monoisotopic (exact) mass is 502 g/mol. The largest absolute Gasteiger partial charge is 0.493 e. The van der Waals surface area contributed by atoms with Gasteiger partial charge in [-0.05, 0) is 35.9 Å². The number of sulfonamides is 1. The van der Waals surface area contributed by atoms with Gasteiger partial charge in [0.1, 0.15) is 0 Å². The van der Waals surface area contributed by atoms with Gasteiger partial charge in [-0.25, -0.2) is 13.4 Å². The van der Waals surface area contributed by atoms with Crippen LogP contribution in [0.15, 0.2) is 78.3 Å². The number of rotatable bonds is 7. The Kier molecular flexibility index (Phi) is 5.98. The average molecular weight is 503 g/mol. The third kappa shape index (κ3) is 4.56. The van der Waals surface area contributed by atoms with Gasteiger partial charge in [-0.1, -0.05) is 6.07 Å². The second kappa shape index (κ2) is 9.27. The molecule has 0 amide bonds. The van der Waals surface area contributed by atoms with Gasteiger partial charge < -0.3 is 9.47 Å². The molecule has 3 heterocycles. The molecule has 0 atom stereocenters. The molecule has 3 aromatic heterocycles. The van der Waals surface area contributed by atoms with Gasteiger partial charge in [0.15, 0.2) is 11.5 Å². The van der Waals surface area contributed by atoms with E-state index in [1.54, 1.807) is 29.3 Å². The Bertz CT molecular complexity index is 1680. The SMILES string of the molecule is COc1ccc(S(=O)(=O)Nc2cncc(-c3ccc4ncc(-c5cnn(C)c5)nc4c3)c2)cc1OC. The van der Waals surface area contributed by atoms with Crippen LogP contribution in [0.4, 0.5) is 5.69 Å². The number of nitrogens with zero attached hydrogens (tertiary/aromatic N) is 5. The molecule has 0 radical (unpaired) electrons. The van der Waals surface area contributed by atoms with Crippen molar-refractivity contribution >= 4 is 26.7 Å². The quantitative estimate of drug-likeness (QED) is 0.356. The van der Waals surface area contributed by atoms with Crippen LogP contribution >= 0.6 is 0 Å². The summed E-state index contributed by atoms with van der Waals surface area (Å²) in [5.74, 6) is 0.751. The molecule has 5 rings (SSSR count). The zero-order chi connectivity index (χ0) is 25.3. The number of methoxy groups -OCH3 is 2. The van der Waals surface area contributed by atoms with Crippen molar-refractivity contribution in [3.63, 3.8) is 0 Å². The molecule has 0 unspecified atom stereocenters. The van der Waals surface area contributed by atoms with Crippen LogP contribution in [0.5, 0.6) is 11.5 Å². The van der Waals surface area contributed by atoms with E-state index in [0.29, 0.717) is 28.4 Å².